The zero-order chi connectivity index (χ0) is 28.1. The first-order valence-corrected chi connectivity index (χ1v) is 13.9. The summed E-state index contributed by atoms with van der Waals surface area (Å²) in [6.07, 6.45) is 5.73. The van der Waals surface area contributed by atoms with E-state index in [0.717, 1.165) is 42.4 Å². The van der Waals surface area contributed by atoms with Crippen LogP contribution in [0.25, 0.3) is 11.3 Å². The number of aromatic nitrogens is 1. The van der Waals surface area contributed by atoms with Crippen molar-refractivity contribution in [3.63, 3.8) is 0 Å². The number of allylic oxidation sites excluding steroid dienone is 2. The molecular weight excluding hydrogens is 508 g/mol. The number of carboxylic acid groups (broad SMARTS) is 1. The van der Waals surface area contributed by atoms with Crippen LogP contribution in [-0.4, -0.2) is 52.3 Å². The number of hydrogen-bond acceptors (Lipinski definition) is 6. The maximum absolute atomic E-state index is 14.1. The minimum Gasteiger partial charge on any atom is -0.496 e. The molecule has 0 radical (unpaired) electrons. The summed E-state index contributed by atoms with van der Waals surface area (Å²) in [6.45, 7) is 3.65. The van der Waals surface area contributed by atoms with E-state index in [-0.39, 0.29) is 28.3 Å². The Bertz CT molecular complexity index is 1610. The van der Waals surface area contributed by atoms with Gasteiger partial charge < -0.3 is 19.5 Å². The van der Waals surface area contributed by atoms with Crippen LogP contribution in [0.2, 0.25) is 0 Å². The summed E-state index contributed by atoms with van der Waals surface area (Å²) in [6, 6.07) is 7.24. The van der Waals surface area contributed by atoms with Gasteiger partial charge in [-0.05, 0) is 74.3 Å². The first kappa shape index (κ1) is 25.1. The number of hydrogen-bond donors (Lipinski definition) is 1. The number of carbonyl (C=O) groups excluding carboxylic acids is 2. The number of carboxylic acids is 1. The molecule has 0 unspecified atom stereocenters. The van der Waals surface area contributed by atoms with Crippen LogP contribution in [0.4, 0.5) is 0 Å². The van der Waals surface area contributed by atoms with Crippen LogP contribution in [0.5, 0.6) is 5.75 Å². The smallest absolute Gasteiger partial charge is 0.354 e. The molecule has 40 heavy (non-hydrogen) atoms. The zero-order valence-electron chi connectivity index (χ0n) is 23.2. The van der Waals surface area contributed by atoms with Crippen LogP contribution >= 0.6 is 0 Å². The van der Waals surface area contributed by atoms with E-state index in [1.807, 2.05) is 31.0 Å². The standard InChI is InChI=1S/C32H32N2O6/c1-16-5-7-19(33-28(16)30(37)38)18-6-8-21(39-4)24(17(18)2)27-25-20(35)13-31(9-10-31)14-22(25)40-23-15-32(11-12-32)34(3)29(36)26(23)27/h5-8,27H,9-15H2,1-4H3,(H,37,38)/t27-/m0/s1. The fourth-order valence-electron chi connectivity index (χ4n) is 7.09. The lowest BCUT2D eigenvalue weighted by atomic mass is 9.70. The van der Waals surface area contributed by atoms with Crippen LogP contribution in [-0.2, 0) is 14.3 Å². The number of nitrogens with zero attached hydrogens (tertiary/aromatic N) is 2. The third-order valence-corrected chi connectivity index (χ3v) is 9.88. The lowest BCUT2D eigenvalue weighted by Crippen LogP contribution is -2.47. The molecule has 2 aliphatic heterocycles. The number of likely N-dealkylation sites (N-methyl/N-ethyl adjacent to an activating group) is 1. The molecule has 0 bridgehead atoms. The quantitative estimate of drug-likeness (QED) is 0.566. The molecular formula is C32H32N2O6. The molecule has 7 rings (SSSR count). The van der Waals surface area contributed by atoms with Crippen molar-refractivity contribution in [2.75, 3.05) is 14.2 Å². The monoisotopic (exact) mass is 540 g/mol. The zero-order valence-corrected chi connectivity index (χ0v) is 23.2. The second kappa shape index (κ2) is 8.29. The van der Waals surface area contributed by atoms with Gasteiger partial charge in [0, 0.05) is 43.0 Å². The van der Waals surface area contributed by atoms with Gasteiger partial charge in [-0.1, -0.05) is 6.07 Å². The summed E-state index contributed by atoms with van der Waals surface area (Å²) in [5, 5.41) is 9.70. The number of methoxy groups -OCH3 is 1. The highest BCUT2D eigenvalue weighted by molar-refractivity contribution is 6.06. The largest absolute Gasteiger partial charge is 0.496 e. The molecule has 1 aromatic carbocycles. The van der Waals surface area contributed by atoms with E-state index in [2.05, 4.69) is 4.98 Å². The summed E-state index contributed by atoms with van der Waals surface area (Å²) in [4.78, 5) is 46.1. The van der Waals surface area contributed by atoms with Gasteiger partial charge in [0.15, 0.2) is 11.5 Å². The lowest BCUT2D eigenvalue weighted by Gasteiger charge is -2.43. The van der Waals surface area contributed by atoms with Crippen LogP contribution in [0.1, 0.15) is 78.0 Å². The average Bonchev–Trinajstić information content (AvgIpc) is 3.85. The molecule has 206 valence electrons. The normalized spacial score (nSPS) is 23.7. The van der Waals surface area contributed by atoms with E-state index in [0.29, 0.717) is 58.9 Å². The molecule has 8 heteroatoms. The Morgan fingerprint density at radius 2 is 1.75 bits per heavy atom. The Morgan fingerprint density at radius 1 is 1.02 bits per heavy atom. The van der Waals surface area contributed by atoms with E-state index in [9.17, 15) is 19.5 Å². The molecule has 0 saturated heterocycles. The molecule has 1 atom stereocenters. The molecule has 1 aromatic heterocycles. The molecule has 2 aromatic rings. The molecule has 1 amide bonds. The number of ether oxygens (including phenoxy) is 2. The summed E-state index contributed by atoms with van der Waals surface area (Å²) in [5.74, 6) is 0.162. The number of aryl methyl sites for hydroxylation is 1. The molecule has 5 aliphatic rings. The van der Waals surface area contributed by atoms with Crippen LogP contribution < -0.4 is 4.74 Å². The fourth-order valence-corrected chi connectivity index (χ4v) is 7.09. The van der Waals surface area contributed by atoms with E-state index in [1.165, 1.54) is 0 Å². The Hall–Kier alpha value is -3.94. The highest BCUT2D eigenvalue weighted by Gasteiger charge is 2.59. The Balaban J connectivity index is 1.46. The summed E-state index contributed by atoms with van der Waals surface area (Å²) < 4.78 is 12.4. The number of amides is 1. The summed E-state index contributed by atoms with van der Waals surface area (Å²) >= 11 is 0. The van der Waals surface area contributed by atoms with Gasteiger partial charge in [0.1, 0.15) is 17.3 Å². The van der Waals surface area contributed by atoms with Crippen molar-refractivity contribution < 1.29 is 29.0 Å². The van der Waals surface area contributed by atoms with Crippen molar-refractivity contribution in [3.8, 4) is 17.0 Å². The van der Waals surface area contributed by atoms with E-state index < -0.39 is 11.9 Å². The average molecular weight is 541 g/mol. The van der Waals surface area contributed by atoms with Gasteiger partial charge in [-0.25, -0.2) is 9.78 Å². The SMILES string of the molecule is COc1ccc(-c2ccc(C)c(C(=O)O)n2)c(C)c1[C@H]1C2=C(CC3(CC3)CC2=O)OC2=C1C(=O)N(C)C1(CC1)C2. The molecule has 1 N–H and O–H groups in total. The van der Waals surface area contributed by atoms with Crippen molar-refractivity contribution >= 4 is 17.7 Å². The van der Waals surface area contributed by atoms with Gasteiger partial charge >= 0.3 is 5.97 Å². The number of Topliss-reactive ketones (excluding diaryl/α,β-unsaturated/α-hetero) is 1. The first-order valence-electron chi connectivity index (χ1n) is 13.9. The van der Waals surface area contributed by atoms with E-state index >= 15 is 0 Å². The van der Waals surface area contributed by atoms with Gasteiger partial charge in [-0.3, -0.25) is 9.59 Å². The number of ketones is 1. The molecule has 2 spiro atoms. The molecule has 2 saturated carbocycles. The molecule has 3 heterocycles. The van der Waals surface area contributed by atoms with Gasteiger partial charge in [-0.15, -0.1) is 0 Å². The van der Waals surface area contributed by atoms with Crippen molar-refractivity contribution in [2.45, 2.75) is 70.3 Å². The Labute approximate surface area is 232 Å². The lowest BCUT2D eigenvalue weighted by molar-refractivity contribution is -0.131. The van der Waals surface area contributed by atoms with Crippen LogP contribution in [0.3, 0.4) is 0 Å². The highest BCUT2D eigenvalue weighted by Crippen LogP contribution is 2.62. The number of aromatic carboxylic acids is 1. The molecule has 8 nitrogen and oxygen atoms in total. The Kier molecular flexibility index (Phi) is 5.19. The second-order valence-electron chi connectivity index (χ2n) is 12.3. The second-order valence-corrected chi connectivity index (χ2v) is 12.3. The maximum atomic E-state index is 14.1. The van der Waals surface area contributed by atoms with Crippen molar-refractivity contribution in [2.24, 2.45) is 5.41 Å². The fraction of sp³-hybridized carbons (Fsp3) is 0.438. The van der Waals surface area contributed by atoms with Gasteiger partial charge in [0.2, 0.25) is 0 Å². The van der Waals surface area contributed by atoms with Gasteiger partial charge in [0.25, 0.3) is 5.91 Å². The van der Waals surface area contributed by atoms with Crippen LogP contribution in [0, 0.1) is 19.3 Å². The highest BCUT2D eigenvalue weighted by atomic mass is 16.5. The number of carbonyl (C=O) groups is 3. The van der Waals surface area contributed by atoms with Gasteiger partial charge in [-0.2, -0.15) is 0 Å². The molecule has 3 aliphatic carbocycles. The minimum atomic E-state index is -1.09. The number of pyridine rings is 1. The Morgan fingerprint density at radius 3 is 2.40 bits per heavy atom. The minimum absolute atomic E-state index is 0.00803. The van der Waals surface area contributed by atoms with Crippen LogP contribution in [0.15, 0.2) is 46.9 Å². The van der Waals surface area contributed by atoms with Crippen molar-refractivity contribution in [3.05, 3.63) is 69.3 Å². The predicted octanol–water partition coefficient (Wildman–Crippen LogP) is 5.23. The predicted molar refractivity (Wildman–Crippen MR) is 146 cm³/mol. The van der Waals surface area contributed by atoms with E-state index in [1.54, 1.807) is 26.2 Å². The van der Waals surface area contributed by atoms with E-state index in [4.69, 9.17) is 9.47 Å². The van der Waals surface area contributed by atoms with Crippen molar-refractivity contribution in [1.29, 1.82) is 0 Å². The van der Waals surface area contributed by atoms with Crippen molar-refractivity contribution in [1.82, 2.24) is 9.88 Å². The third-order valence-electron chi connectivity index (χ3n) is 9.88. The maximum Gasteiger partial charge on any atom is 0.354 e. The number of benzene rings is 1. The topological polar surface area (TPSA) is 106 Å². The number of rotatable bonds is 4. The van der Waals surface area contributed by atoms with Gasteiger partial charge in [0.05, 0.1) is 29.8 Å². The summed E-state index contributed by atoms with van der Waals surface area (Å²) in [5.41, 5.74) is 4.19. The third kappa shape index (κ3) is 3.50. The molecule has 2 fully saturated rings. The first-order chi connectivity index (χ1) is 19.1. The summed E-state index contributed by atoms with van der Waals surface area (Å²) in [7, 11) is 3.44.